The molecule has 7 heteroatoms. The Kier molecular flexibility index (Phi) is 5.08. The Morgan fingerprint density at radius 1 is 1.35 bits per heavy atom. The maximum Gasteiger partial charge on any atom is 0.336 e. The fraction of sp³-hybridized carbons (Fsp3) is 0.316. The van der Waals surface area contributed by atoms with Crippen LogP contribution < -0.4 is 16.3 Å². The first-order chi connectivity index (χ1) is 12.4. The molecular weight excluding hydrogens is 348 g/mol. The first kappa shape index (κ1) is 18.1. The topological polar surface area (TPSA) is 72.1 Å². The third-order valence-corrected chi connectivity index (χ3v) is 4.55. The van der Waals surface area contributed by atoms with Crippen LogP contribution in [0.1, 0.15) is 36.7 Å². The van der Waals surface area contributed by atoms with Crippen LogP contribution in [0.5, 0.6) is 0 Å². The lowest BCUT2D eigenvalue weighted by molar-refractivity contribution is 0.560. The van der Waals surface area contributed by atoms with Gasteiger partial charge in [-0.2, -0.15) is 5.10 Å². The van der Waals surface area contributed by atoms with Gasteiger partial charge in [0.15, 0.2) is 5.11 Å². The second kappa shape index (κ2) is 7.29. The van der Waals surface area contributed by atoms with Crippen LogP contribution in [0.15, 0.2) is 39.7 Å². The molecule has 0 aliphatic heterocycles. The van der Waals surface area contributed by atoms with E-state index in [1.54, 1.807) is 6.07 Å². The molecule has 3 rings (SSSR count). The van der Waals surface area contributed by atoms with Crippen molar-refractivity contribution in [3.63, 3.8) is 0 Å². The maximum absolute atomic E-state index is 11.6. The molecule has 3 aromatic rings. The third kappa shape index (κ3) is 3.77. The third-order valence-electron chi connectivity index (χ3n) is 4.33. The molecule has 2 N–H and O–H groups in total. The van der Waals surface area contributed by atoms with Gasteiger partial charge in [-0.3, -0.25) is 4.68 Å². The number of fused-ring (bicyclic) bond motifs is 1. The van der Waals surface area contributed by atoms with Crippen molar-refractivity contribution in [1.82, 2.24) is 15.1 Å². The number of nitrogens with one attached hydrogen (secondary N) is 2. The summed E-state index contributed by atoms with van der Waals surface area (Å²) in [4.78, 5) is 11.6. The molecule has 6 nitrogen and oxygen atoms in total. The van der Waals surface area contributed by atoms with E-state index in [1.165, 1.54) is 6.07 Å². The van der Waals surface area contributed by atoms with Crippen molar-refractivity contribution in [2.75, 3.05) is 5.32 Å². The molecular formula is C19H22N4O2S. The van der Waals surface area contributed by atoms with E-state index in [0.717, 1.165) is 34.4 Å². The zero-order valence-electron chi connectivity index (χ0n) is 15.3. The zero-order valence-corrected chi connectivity index (χ0v) is 16.1. The Morgan fingerprint density at radius 3 is 2.81 bits per heavy atom. The number of rotatable bonds is 4. The zero-order chi connectivity index (χ0) is 18.8. The molecule has 0 spiro atoms. The molecule has 1 unspecified atom stereocenters. The lowest BCUT2D eigenvalue weighted by Crippen LogP contribution is -2.31. The Bertz CT molecular complexity index is 1020. The Hall–Kier alpha value is -2.67. The Morgan fingerprint density at radius 2 is 2.12 bits per heavy atom. The minimum absolute atomic E-state index is 0.0240. The average molecular weight is 370 g/mol. The lowest BCUT2D eigenvalue weighted by atomic mass is 10.1. The summed E-state index contributed by atoms with van der Waals surface area (Å²) in [5.74, 6) is 0. The molecule has 2 heterocycles. The van der Waals surface area contributed by atoms with Gasteiger partial charge in [-0.25, -0.2) is 4.79 Å². The van der Waals surface area contributed by atoms with Crippen molar-refractivity contribution in [2.24, 2.45) is 0 Å². The molecule has 0 saturated heterocycles. The van der Waals surface area contributed by atoms with E-state index in [1.807, 2.05) is 43.8 Å². The first-order valence-electron chi connectivity index (χ1n) is 8.53. The summed E-state index contributed by atoms with van der Waals surface area (Å²) >= 11 is 5.42. The number of nitrogens with zero attached hydrogens (tertiary/aromatic N) is 2. The summed E-state index contributed by atoms with van der Waals surface area (Å²) in [6.07, 6.45) is 2.03. The highest BCUT2D eigenvalue weighted by atomic mass is 32.1. The lowest BCUT2D eigenvalue weighted by Gasteiger charge is -2.17. The highest BCUT2D eigenvalue weighted by Crippen LogP contribution is 2.21. The second-order valence-electron chi connectivity index (χ2n) is 6.31. The van der Waals surface area contributed by atoms with Gasteiger partial charge in [0, 0.05) is 41.5 Å². The van der Waals surface area contributed by atoms with E-state index >= 15 is 0 Å². The second-order valence-corrected chi connectivity index (χ2v) is 6.71. The van der Waals surface area contributed by atoms with Gasteiger partial charge >= 0.3 is 5.63 Å². The van der Waals surface area contributed by atoms with Crippen molar-refractivity contribution in [2.45, 2.75) is 40.3 Å². The van der Waals surface area contributed by atoms with Gasteiger partial charge in [0.25, 0.3) is 0 Å². The highest BCUT2D eigenvalue weighted by Gasteiger charge is 2.13. The quantitative estimate of drug-likeness (QED) is 0.539. The van der Waals surface area contributed by atoms with Gasteiger partial charge in [0.2, 0.25) is 0 Å². The number of hydrogen-bond donors (Lipinski definition) is 2. The van der Waals surface area contributed by atoms with Crippen molar-refractivity contribution in [1.29, 1.82) is 0 Å². The van der Waals surface area contributed by atoms with E-state index in [9.17, 15) is 4.79 Å². The van der Waals surface area contributed by atoms with E-state index in [2.05, 4.69) is 22.7 Å². The molecule has 1 atom stereocenters. The smallest absolute Gasteiger partial charge is 0.336 e. The Labute approximate surface area is 157 Å². The van der Waals surface area contributed by atoms with Crippen molar-refractivity contribution in [3.8, 4) is 0 Å². The van der Waals surface area contributed by atoms with Crippen molar-refractivity contribution >= 4 is 34.0 Å². The van der Waals surface area contributed by atoms with Crippen LogP contribution in [0.25, 0.3) is 11.0 Å². The molecule has 1 aromatic carbocycles. The van der Waals surface area contributed by atoms with Crippen LogP contribution >= 0.6 is 12.2 Å². The molecule has 0 aliphatic carbocycles. The van der Waals surface area contributed by atoms with E-state index in [0.29, 0.717) is 10.7 Å². The van der Waals surface area contributed by atoms with Crippen LogP contribution in [0.2, 0.25) is 0 Å². The molecule has 136 valence electrons. The molecule has 0 bridgehead atoms. The van der Waals surface area contributed by atoms with E-state index in [-0.39, 0.29) is 11.7 Å². The predicted octanol–water partition coefficient (Wildman–Crippen LogP) is 3.67. The molecule has 0 fully saturated rings. The van der Waals surface area contributed by atoms with Gasteiger partial charge in [-0.15, -0.1) is 0 Å². The van der Waals surface area contributed by atoms with Crippen molar-refractivity contribution in [3.05, 3.63) is 57.7 Å². The number of aromatic nitrogens is 2. The summed E-state index contributed by atoms with van der Waals surface area (Å²) in [6, 6.07) is 7.12. The fourth-order valence-corrected chi connectivity index (χ4v) is 3.26. The number of aryl methyl sites for hydroxylation is 3. The summed E-state index contributed by atoms with van der Waals surface area (Å²) in [7, 11) is 0. The monoisotopic (exact) mass is 370 g/mol. The predicted molar refractivity (Wildman–Crippen MR) is 108 cm³/mol. The molecule has 0 aliphatic rings. The van der Waals surface area contributed by atoms with Crippen LogP contribution in [-0.2, 0) is 6.54 Å². The minimum atomic E-state index is -0.357. The molecule has 0 saturated carbocycles. The van der Waals surface area contributed by atoms with Crippen LogP contribution in [-0.4, -0.2) is 14.9 Å². The summed E-state index contributed by atoms with van der Waals surface area (Å²) in [5.41, 5.74) is 3.92. The minimum Gasteiger partial charge on any atom is -0.423 e. The van der Waals surface area contributed by atoms with Gasteiger partial charge in [-0.1, -0.05) is 0 Å². The van der Waals surface area contributed by atoms with E-state index in [4.69, 9.17) is 16.6 Å². The number of hydrogen-bond acceptors (Lipinski definition) is 4. The van der Waals surface area contributed by atoms with Gasteiger partial charge < -0.3 is 15.1 Å². The highest BCUT2D eigenvalue weighted by molar-refractivity contribution is 7.80. The maximum atomic E-state index is 11.6. The standard InChI is InChI=1S/C19H22N4O2S/c1-5-23-10-16(13(4)22-23)12(3)20-19(26)21-14-6-7-15-11(2)8-18(24)25-17(15)9-14/h6-10,12H,5H2,1-4H3,(H2,20,21,26). The normalized spacial score (nSPS) is 12.2. The number of benzene rings is 1. The number of anilines is 1. The average Bonchev–Trinajstić information content (AvgIpc) is 2.95. The fourth-order valence-electron chi connectivity index (χ4n) is 2.96. The molecule has 26 heavy (non-hydrogen) atoms. The Balaban J connectivity index is 1.74. The summed E-state index contributed by atoms with van der Waals surface area (Å²) in [5, 5.41) is 12.3. The van der Waals surface area contributed by atoms with Crippen molar-refractivity contribution < 1.29 is 4.42 Å². The van der Waals surface area contributed by atoms with Crippen LogP contribution in [0, 0.1) is 13.8 Å². The molecule has 0 radical (unpaired) electrons. The van der Waals surface area contributed by atoms with Crippen LogP contribution in [0.4, 0.5) is 5.69 Å². The van der Waals surface area contributed by atoms with Crippen LogP contribution in [0.3, 0.4) is 0 Å². The molecule has 0 amide bonds. The summed E-state index contributed by atoms with van der Waals surface area (Å²) < 4.78 is 7.19. The van der Waals surface area contributed by atoms with E-state index < -0.39 is 0 Å². The van der Waals surface area contributed by atoms with Gasteiger partial charge in [-0.05, 0) is 57.6 Å². The number of thiocarbonyl (C=S) groups is 1. The largest absolute Gasteiger partial charge is 0.423 e. The van der Waals surface area contributed by atoms with Gasteiger partial charge in [0.1, 0.15) is 5.58 Å². The SMILES string of the molecule is CCn1cc(C(C)NC(=S)Nc2ccc3c(C)cc(=O)oc3c2)c(C)n1. The van der Waals surface area contributed by atoms with Gasteiger partial charge in [0.05, 0.1) is 11.7 Å². The molecule has 2 aromatic heterocycles. The summed E-state index contributed by atoms with van der Waals surface area (Å²) in [6.45, 7) is 8.81. The first-order valence-corrected chi connectivity index (χ1v) is 8.94.